The lowest BCUT2D eigenvalue weighted by Gasteiger charge is -2.38. The van der Waals surface area contributed by atoms with Gasteiger partial charge in [0.25, 0.3) is 5.88 Å². The summed E-state index contributed by atoms with van der Waals surface area (Å²) >= 11 is 0. The summed E-state index contributed by atoms with van der Waals surface area (Å²) in [7, 11) is 1.68. The van der Waals surface area contributed by atoms with Crippen LogP contribution in [-0.2, 0) is 9.47 Å². The molecule has 2 rings (SSSR count). The molecule has 0 spiro atoms. The summed E-state index contributed by atoms with van der Waals surface area (Å²) in [5.74, 6) is 1.46. The molecular formula is C20H31N3O2. The quantitative estimate of drug-likeness (QED) is 0.590. The van der Waals surface area contributed by atoms with Gasteiger partial charge in [-0.15, -0.1) is 0 Å². The van der Waals surface area contributed by atoms with Gasteiger partial charge in [-0.2, -0.15) is 5.10 Å². The van der Waals surface area contributed by atoms with E-state index in [2.05, 4.69) is 20.8 Å². The molecule has 0 N–H and O–H groups in total. The summed E-state index contributed by atoms with van der Waals surface area (Å²) in [6.45, 7) is 8.64. The van der Waals surface area contributed by atoms with Gasteiger partial charge in [0, 0.05) is 12.1 Å². The van der Waals surface area contributed by atoms with Crippen LogP contribution in [-0.4, -0.2) is 42.6 Å². The third kappa shape index (κ3) is 4.68. The van der Waals surface area contributed by atoms with Gasteiger partial charge in [0.15, 0.2) is 0 Å². The maximum Gasteiger partial charge on any atom is 0.255 e. The van der Waals surface area contributed by atoms with Crippen LogP contribution in [0.3, 0.4) is 0 Å². The van der Waals surface area contributed by atoms with E-state index in [1.807, 2.05) is 40.5 Å². The number of ether oxygens (including phenoxy) is 2. The molecule has 0 aromatic heterocycles. The fourth-order valence-electron chi connectivity index (χ4n) is 2.89. The smallest absolute Gasteiger partial charge is 0.255 e. The van der Waals surface area contributed by atoms with Crippen molar-refractivity contribution in [3.63, 3.8) is 0 Å². The van der Waals surface area contributed by atoms with Crippen LogP contribution in [0.15, 0.2) is 47.1 Å². The first-order valence-electron chi connectivity index (χ1n) is 9.37. The van der Waals surface area contributed by atoms with Crippen LogP contribution in [0.25, 0.3) is 0 Å². The molecular weight excluding hydrogens is 314 g/mol. The van der Waals surface area contributed by atoms with Crippen molar-refractivity contribution in [1.29, 1.82) is 0 Å². The SMILES string of the molecule is CCCCCCOC1=C(OC)C(c2ccccc2)=NN(CC)N1CC. The highest BCUT2D eigenvalue weighted by molar-refractivity contribution is 6.11. The molecule has 1 heterocycles. The first kappa shape index (κ1) is 19.2. The van der Waals surface area contributed by atoms with Crippen molar-refractivity contribution in [2.45, 2.75) is 46.5 Å². The number of rotatable bonds is 10. The minimum absolute atomic E-state index is 0.693. The standard InChI is InChI=1S/C20H31N3O2/c1-5-8-9-13-16-25-20-19(24-4)18(17-14-11-10-12-15-17)21-23(7-3)22(20)6-2/h10-12,14-15H,5-9,13,16H2,1-4H3. The first-order valence-corrected chi connectivity index (χ1v) is 9.37. The van der Waals surface area contributed by atoms with Crippen molar-refractivity contribution < 1.29 is 9.47 Å². The number of hydrogen-bond donors (Lipinski definition) is 0. The van der Waals surface area contributed by atoms with E-state index in [1.54, 1.807) is 7.11 Å². The Morgan fingerprint density at radius 2 is 1.72 bits per heavy atom. The number of hydrogen-bond acceptors (Lipinski definition) is 5. The Kier molecular flexibility index (Phi) is 7.64. The van der Waals surface area contributed by atoms with E-state index in [1.165, 1.54) is 19.3 Å². The molecule has 0 fully saturated rings. The molecule has 0 amide bonds. The molecule has 0 saturated heterocycles. The highest BCUT2D eigenvalue weighted by Gasteiger charge is 2.30. The van der Waals surface area contributed by atoms with E-state index < -0.39 is 0 Å². The van der Waals surface area contributed by atoms with E-state index in [0.717, 1.165) is 36.7 Å². The van der Waals surface area contributed by atoms with Crippen LogP contribution >= 0.6 is 0 Å². The predicted molar refractivity (Wildman–Crippen MR) is 102 cm³/mol. The molecule has 0 aliphatic carbocycles. The van der Waals surface area contributed by atoms with Crippen LogP contribution in [0.1, 0.15) is 52.0 Å². The maximum atomic E-state index is 6.18. The monoisotopic (exact) mass is 345 g/mol. The molecule has 5 heteroatoms. The summed E-state index contributed by atoms with van der Waals surface area (Å²) in [5.41, 5.74) is 1.85. The molecule has 0 unspecified atom stereocenters. The van der Waals surface area contributed by atoms with E-state index in [9.17, 15) is 0 Å². The second kappa shape index (κ2) is 9.97. The Hall–Kier alpha value is -2.17. The van der Waals surface area contributed by atoms with Crippen molar-refractivity contribution in [2.24, 2.45) is 5.10 Å². The number of allylic oxidation sites excluding steroid dienone is 1. The van der Waals surface area contributed by atoms with Gasteiger partial charge in [-0.3, -0.25) is 0 Å². The lowest BCUT2D eigenvalue weighted by Crippen LogP contribution is -2.44. The molecule has 138 valence electrons. The molecule has 0 saturated carbocycles. The molecule has 0 bridgehead atoms. The number of hydrazine groups is 1. The summed E-state index contributed by atoms with van der Waals surface area (Å²) in [5, 5.41) is 8.79. The Morgan fingerprint density at radius 1 is 0.960 bits per heavy atom. The van der Waals surface area contributed by atoms with E-state index in [0.29, 0.717) is 12.4 Å². The second-order valence-electron chi connectivity index (χ2n) is 5.97. The zero-order chi connectivity index (χ0) is 18.1. The third-order valence-corrected chi connectivity index (χ3v) is 4.21. The third-order valence-electron chi connectivity index (χ3n) is 4.21. The van der Waals surface area contributed by atoms with Gasteiger partial charge in [0.1, 0.15) is 5.71 Å². The van der Waals surface area contributed by atoms with E-state index in [-0.39, 0.29) is 0 Å². The number of methoxy groups -OCH3 is 1. The molecule has 1 aromatic carbocycles. The zero-order valence-electron chi connectivity index (χ0n) is 16.0. The Balaban J connectivity index is 2.30. The van der Waals surface area contributed by atoms with Gasteiger partial charge in [-0.25, -0.2) is 10.1 Å². The molecule has 1 aromatic rings. The summed E-state index contributed by atoms with van der Waals surface area (Å²) in [6, 6.07) is 10.1. The van der Waals surface area contributed by atoms with Gasteiger partial charge < -0.3 is 9.47 Å². The van der Waals surface area contributed by atoms with Crippen molar-refractivity contribution in [1.82, 2.24) is 10.1 Å². The Labute approximate surface area is 151 Å². The number of unbranched alkanes of at least 4 members (excludes halogenated alkanes) is 3. The van der Waals surface area contributed by atoms with Crippen LogP contribution < -0.4 is 0 Å². The summed E-state index contributed by atoms with van der Waals surface area (Å²) in [4.78, 5) is 0. The number of nitrogens with zero attached hydrogens (tertiary/aromatic N) is 3. The van der Waals surface area contributed by atoms with Gasteiger partial charge in [0.05, 0.1) is 20.3 Å². The largest absolute Gasteiger partial charge is 0.490 e. The van der Waals surface area contributed by atoms with Crippen LogP contribution in [0, 0.1) is 0 Å². The van der Waals surface area contributed by atoms with Crippen LogP contribution in [0.5, 0.6) is 0 Å². The lowest BCUT2D eigenvalue weighted by molar-refractivity contribution is -0.0560. The Bertz CT molecular complexity index is 584. The van der Waals surface area contributed by atoms with E-state index >= 15 is 0 Å². The molecule has 5 nitrogen and oxygen atoms in total. The lowest BCUT2D eigenvalue weighted by atomic mass is 10.1. The fourth-order valence-corrected chi connectivity index (χ4v) is 2.89. The molecule has 0 radical (unpaired) electrons. The highest BCUT2D eigenvalue weighted by Crippen LogP contribution is 2.26. The minimum Gasteiger partial charge on any atom is -0.490 e. The molecule has 1 aliphatic rings. The predicted octanol–water partition coefficient (Wildman–Crippen LogP) is 4.38. The topological polar surface area (TPSA) is 37.3 Å². The van der Waals surface area contributed by atoms with Crippen molar-refractivity contribution in [2.75, 3.05) is 26.8 Å². The number of benzene rings is 1. The summed E-state index contributed by atoms with van der Waals surface area (Å²) in [6.07, 6.45) is 4.71. The van der Waals surface area contributed by atoms with Crippen molar-refractivity contribution in [3.8, 4) is 0 Å². The van der Waals surface area contributed by atoms with Crippen LogP contribution in [0.2, 0.25) is 0 Å². The Morgan fingerprint density at radius 3 is 2.32 bits per heavy atom. The maximum absolute atomic E-state index is 6.18. The fraction of sp³-hybridized carbons (Fsp3) is 0.550. The average molecular weight is 345 g/mol. The summed E-state index contributed by atoms with van der Waals surface area (Å²) < 4.78 is 11.9. The first-order chi connectivity index (χ1) is 12.3. The molecule has 1 aliphatic heterocycles. The van der Waals surface area contributed by atoms with Gasteiger partial charge in [-0.05, 0) is 20.3 Å². The van der Waals surface area contributed by atoms with Crippen LogP contribution in [0.4, 0.5) is 0 Å². The number of hydrazone groups is 1. The second-order valence-corrected chi connectivity index (χ2v) is 5.97. The van der Waals surface area contributed by atoms with E-state index in [4.69, 9.17) is 14.6 Å². The van der Waals surface area contributed by atoms with Gasteiger partial charge >= 0.3 is 0 Å². The normalized spacial score (nSPS) is 14.6. The van der Waals surface area contributed by atoms with Crippen molar-refractivity contribution >= 4 is 5.71 Å². The average Bonchev–Trinajstić information content (AvgIpc) is 2.67. The molecule has 25 heavy (non-hydrogen) atoms. The van der Waals surface area contributed by atoms with Crippen molar-refractivity contribution in [3.05, 3.63) is 47.5 Å². The highest BCUT2D eigenvalue weighted by atomic mass is 16.5. The molecule has 0 atom stereocenters. The zero-order valence-corrected chi connectivity index (χ0v) is 16.0. The minimum atomic E-state index is 0.693. The van der Waals surface area contributed by atoms with Gasteiger partial charge in [-0.1, -0.05) is 56.5 Å². The van der Waals surface area contributed by atoms with Gasteiger partial charge in [0.2, 0.25) is 5.76 Å².